The van der Waals surface area contributed by atoms with E-state index in [-0.39, 0.29) is 6.61 Å². The monoisotopic (exact) mass is 246 g/mol. The standard InChI is InChI=1S/C14H18N2O2/c1-3-12-5-7-13(8-6-12)11-18-14(17)16(2)10-4-9-15/h5-8H,3-4,10-11H2,1-2H3. The molecule has 0 unspecified atom stereocenters. The van der Waals surface area contributed by atoms with Crippen LogP contribution in [0.5, 0.6) is 0 Å². The van der Waals surface area contributed by atoms with Crippen molar-refractivity contribution in [1.29, 1.82) is 5.26 Å². The fourth-order valence-corrected chi connectivity index (χ4v) is 1.44. The molecule has 0 aliphatic carbocycles. The third-order valence-electron chi connectivity index (χ3n) is 2.66. The Bertz CT molecular complexity index is 420. The Balaban J connectivity index is 2.39. The highest BCUT2D eigenvalue weighted by Crippen LogP contribution is 2.07. The first-order valence-electron chi connectivity index (χ1n) is 6.00. The molecule has 4 heteroatoms. The molecule has 0 aromatic heterocycles. The Morgan fingerprint density at radius 3 is 2.50 bits per heavy atom. The van der Waals surface area contributed by atoms with Gasteiger partial charge in [-0.15, -0.1) is 0 Å². The summed E-state index contributed by atoms with van der Waals surface area (Å²) in [7, 11) is 1.62. The topological polar surface area (TPSA) is 53.3 Å². The van der Waals surface area contributed by atoms with E-state index in [1.165, 1.54) is 10.5 Å². The first kappa shape index (κ1) is 14.0. The maximum absolute atomic E-state index is 11.5. The van der Waals surface area contributed by atoms with Crippen LogP contribution in [0, 0.1) is 11.3 Å². The predicted molar refractivity (Wildman–Crippen MR) is 68.9 cm³/mol. The fraction of sp³-hybridized carbons (Fsp3) is 0.429. The molecule has 0 bridgehead atoms. The highest BCUT2D eigenvalue weighted by atomic mass is 16.6. The molecule has 0 spiro atoms. The Kier molecular flexibility index (Phi) is 5.72. The second-order valence-electron chi connectivity index (χ2n) is 4.05. The maximum atomic E-state index is 11.5. The average Bonchev–Trinajstić information content (AvgIpc) is 2.42. The van der Waals surface area contributed by atoms with Gasteiger partial charge < -0.3 is 9.64 Å². The van der Waals surface area contributed by atoms with Crippen molar-refractivity contribution in [2.75, 3.05) is 13.6 Å². The summed E-state index contributed by atoms with van der Waals surface area (Å²) in [5, 5.41) is 8.43. The molecular formula is C14H18N2O2. The van der Waals surface area contributed by atoms with Gasteiger partial charge in [0.1, 0.15) is 6.61 Å². The Morgan fingerprint density at radius 1 is 1.33 bits per heavy atom. The summed E-state index contributed by atoms with van der Waals surface area (Å²) < 4.78 is 5.14. The lowest BCUT2D eigenvalue weighted by atomic mass is 10.1. The van der Waals surface area contributed by atoms with E-state index in [9.17, 15) is 4.79 Å². The van der Waals surface area contributed by atoms with Crippen LogP contribution >= 0.6 is 0 Å². The van der Waals surface area contributed by atoms with Gasteiger partial charge in [0, 0.05) is 13.6 Å². The van der Waals surface area contributed by atoms with Crippen molar-refractivity contribution in [3.05, 3.63) is 35.4 Å². The number of hydrogen-bond donors (Lipinski definition) is 0. The van der Waals surface area contributed by atoms with Gasteiger partial charge in [-0.3, -0.25) is 0 Å². The van der Waals surface area contributed by atoms with Crippen LogP contribution in [-0.2, 0) is 17.8 Å². The van der Waals surface area contributed by atoms with Crippen molar-refractivity contribution < 1.29 is 9.53 Å². The van der Waals surface area contributed by atoms with Crippen LogP contribution in [0.3, 0.4) is 0 Å². The lowest BCUT2D eigenvalue weighted by molar-refractivity contribution is 0.105. The average molecular weight is 246 g/mol. The summed E-state index contributed by atoms with van der Waals surface area (Å²) in [6.45, 7) is 2.75. The summed E-state index contributed by atoms with van der Waals surface area (Å²) in [5.74, 6) is 0. The van der Waals surface area contributed by atoms with E-state index < -0.39 is 6.09 Å². The quantitative estimate of drug-likeness (QED) is 0.802. The van der Waals surface area contributed by atoms with Crippen molar-refractivity contribution >= 4 is 6.09 Å². The molecule has 0 saturated carbocycles. The smallest absolute Gasteiger partial charge is 0.409 e. The van der Waals surface area contributed by atoms with Crippen molar-refractivity contribution in [2.24, 2.45) is 0 Å². The van der Waals surface area contributed by atoms with E-state index >= 15 is 0 Å². The zero-order valence-corrected chi connectivity index (χ0v) is 10.8. The molecule has 0 atom stereocenters. The minimum atomic E-state index is -0.398. The fourth-order valence-electron chi connectivity index (χ4n) is 1.44. The molecule has 1 aromatic rings. The van der Waals surface area contributed by atoms with Crippen LogP contribution in [0.25, 0.3) is 0 Å². The largest absolute Gasteiger partial charge is 0.445 e. The van der Waals surface area contributed by atoms with Crippen molar-refractivity contribution in [1.82, 2.24) is 4.90 Å². The minimum absolute atomic E-state index is 0.264. The van der Waals surface area contributed by atoms with Gasteiger partial charge in [-0.25, -0.2) is 4.79 Å². The zero-order chi connectivity index (χ0) is 13.4. The third kappa shape index (κ3) is 4.46. The van der Waals surface area contributed by atoms with Crippen LogP contribution in [0.1, 0.15) is 24.5 Å². The van der Waals surface area contributed by atoms with E-state index in [0.29, 0.717) is 13.0 Å². The number of nitrogens with zero attached hydrogens (tertiary/aromatic N) is 2. The molecular weight excluding hydrogens is 228 g/mol. The van der Waals surface area contributed by atoms with Crippen LogP contribution in [0.15, 0.2) is 24.3 Å². The van der Waals surface area contributed by atoms with Crippen molar-refractivity contribution in [3.8, 4) is 6.07 Å². The summed E-state index contributed by atoms with van der Waals surface area (Å²) >= 11 is 0. The number of carbonyl (C=O) groups is 1. The van der Waals surface area contributed by atoms with E-state index in [1.807, 2.05) is 30.3 Å². The van der Waals surface area contributed by atoms with Gasteiger partial charge in [0.2, 0.25) is 0 Å². The number of ether oxygens (including phenoxy) is 1. The molecule has 4 nitrogen and oxygen atoms in total. The number of carbonyl (C=O) groups excluding carboxylic acids is 1. The Morgan fingerprint density at radius 2 is 1.94 bits per heavy atom. The summed E-state index contributed by atoms with van der Waals surface area (Å²) in [6, 6.07) is 9.97. The lowest BCUT2D eigenvalue weighted by Crippen LogP contribution is -2.28. The Hall–Kier alpha value is -2.02. The number of amides is 1. The van der Waals surface area contributed by atoms with Gasteiger partial charge in [0.05, 0.1) is 12.5 Å². The number of rotatable bonds is 5. The first-order valence-corrected chi connectivity index (χ1v) is 6.00. The van der Waals surface area contributed by atoms with E-state index in [4.69, 9.17) is 10.00 Å². The molecule has 96 valence electrons. The second-order valence-corrected chi connectivity index (χ2v) is 4.05. The van der Waals surface area contributed by atoms with Gasteiger partial charge >= 0.3 is 6.09 Å². The SMILES string of the molecule is CCc1ccc(COC(=O)N(C)CCC#N)cc1. The molecule has 0 aliphatic heterocycles. The normalized spacial score (nSPS) is 9.61. The number of hydrogen-bond acceptors (Lipinski definition) is 3. The summed E-state index contributed by atoms with van der Waals surface area (Å²) in [6.07, 6.45) is 0.915. The molecule has 0 radical (unpaired) electrons. The summed E-state index contributed by atoms with van der Waals surface area (Å²) in [5.41, 5.74) is 2.23. The van der Waals surface area contributed by atoms with Gasteiger partial charge in [-0.2, -0.15) is 5.26 Å². The summed E-state index contributed by atoms with van der Waals surface area (Å²) in [4.78, 5) is 12.9. The number of nitriles is 1. The molecule has 0 N–H and O–H groups in total. The van der Waals surface area contributed by atoms with Gasteiger partial charge in [0.15, 0.2) is 0 Å². The molecule has 1 amide bonds. The van der Waals surface area contributed by atoms with E-state index in [2.05, 4.69) is 6.92 Å². The highest BCUT2D eigenvalue weighted by Gasteiger charge is 2.09. The van der Waals surface area contributed by atoms with Crippen LogP contribution in [-0.4, -0.2) is 24.6 Å². The van der Waals surface area contributed by atoms with Crippen molar-refractivity contribution in [3.63, 3.8) is 0 Å². The van der Waals surface area contributed by atoms with Gasteiger partial charge in [-0.1, -0.05) is 31.2 Å². The van der Waals surface area contributed by atoms with E-state index in [1.54, 1.807) is 7.05 Å². The molecule has 1 aromatic carbocycles. The predicted octanol–water partition coefficient (Wildman–Crippen LogP) is 2.73. The molecule has 0 heterocycles. The number of benzene rings is 1. The second kappa shape index (κ2) is 7.33. The molecule has 0 fully saturated rings. The molecule has 18 heavy (non-hydrogen) atoms. The Labute approximate surface area is 108 Å². The molecule has 0 saturated heterocycles. The van der Waals surface area contributed by atoms with Gasteiger partial charge in [-0.05, 0) is 17.5 Å². The highest BCUT2D eigenvalue weighted by molar-refractivity contribution is 5.67. The van der Waals surface area contributed by atoms with Crippen LogP contribution in [0.2, 0.25) is 0 Å². The number of aryl methyl sites for hydroxylation is 1. The first-order chi connectivity index (χ1) is 8.67. The van der Waals surface area contributed by atoms with Gasteiger partial charge in [0.25, 0.3) is 0 Å². The zero-order valence-electron chi connectivity index (χ0n) is 10.8. The minimum Gasteiger partial charge on any atom is -0.445 e. The van der Waals surface area contributed by atoms with Crippen molar-refractivity contribution in [2.45, 2.75) is 26.4 Å². The maximum Gasteiger partial charge on any atom is 0.409 e. The van der Waals surface area contributed by atoms with E-state index in [0.717, 1.165) is 12.0 Å². The van der Waals surface area contributed by atoms with Crippen LogP contribution in [0.4, 0.5) is 4.79 Å². The molecule has 1 rings (SSSR count). The lowest BCUT2D eigenvalue weighted by Gasteiger charge is -2.15. The molecule has 0 aliphatic rings. The third-order valence-corrected chi connectivity index (χ3v) is 2.66. The van der Waals surface area contributed by atoms with Crippen LogP contribution < -0.4 is 0 Å².